The largest absolute Gasteiger partial charge is 0.393 e. The van der Waals surface area contributed by atoms with E-state index < -0.39 is 0 Å². The maximum absolute atomic E-state index is 10.5. The van der Waals surface area contributed by atoms with Crippen molar-refractivity contribution in [2.45, 2.75) is 25.5 Å². The van der Waals surface area contributed by atoms with Gasteiger partial charge in [-0.1, -0.05) is 11.3 Å². The maximum atomic E-state index is 10.5. The van der Waals surface area contributed by atoms with Gasteiger partial charge in [0.15, 0.2) is 0 Å². The summed E-state index contributed by atoms with van der Waals surface area (Å²) >= 11 is 1.16. The smallest absolute Gasteiger partial charge is 0.324 e. The minimum Gasteiger partial charge on any atom is -0.393 e. The van der Waals surface area contributed by atoms with Crippen LogP contribution in [-0.4, -0.2) is 22.7 Å². The molecule has 1 heterocycles. The summed E-state index contributed by atoms with van der Waals surface area (Å²) < 4.78 is 0. The molecule has 1 fully saturated rings. The normalized spacial score (nSPS) is 24.1. The van der Waals surface area contributed by atoms with Crippen molar-refractivity contribution in [3.8, 4) is 0 Å². The Morgan fingerprint density at radius 2 is 2.38 bits per heavy atom. The van der Waals surface area contributed by atoms with Gasteiger partial charge in [0.1, 0.15) is 0 Å². The Balaban J connectivity index is 1.70. The summed E-state index contributed by atoms with van der Waals surface area (Å²) in [6, 6.07) is 1.60. The Labute approximate surface area is 97.3 Å². The van der Waals surface area contributed by atoms with Crippen LogP contribution in [0.1, 0.15) is 18.4 Å². The highest BCUT2D eigenvalue weighted by molar-refractivity contribution is 7.13. The lowest BCUT2D eigenvalue weighted by Crippen LogP contribution is -2.35. The third-order valence-corrected chi connectivity index (χ3v) is 3.72. The Morgan fingerprint density at radius 3 is 2.94 bits per heavy atom. The molecule has 1 aromatic heterocycles. The van der Waals surface area contributed by atoms with Crippen molar-refractivity contribution in [1.82, 2.24) is 5.32 Å². The van der Waals surface area contributed by atoms with Crippen LogP contribution in [0.25, 0.3) is 0 Å². The van der Waals surface area contributed by atoms with E-state index in [1.54, 1.807) is 11.4 Å². The molecule has 1 saturated carbocycles. The van der Waals surface area contributed by atoms with Crippen molar-refractivity contribution in [1.29, 1.82) is 0 Å². The number of aliphatic hydroxyl groups excluding tert-OH is 1. The maximum Gasteiger partial charge on any atom is 0.324 e. The number of nitrogens with zero attached hydrogens (tertiary/aromatic N) is 1. The predicted octanol–water partition coefficient (Wildman–Crippen LogP) is 1.52. The summed E-state index contributed by atoms with van der Waals surface area (Å²) in [5.41, 5.74) is 0.955. The molecule has 6 heteroatoms. The van der Waals surface area contributed by atoms with Crippen molar-refractivity contribution in [3.05, 3.63) is 27.1 Å². The summed E-state index contributed by atoms with van der Waals surface area (Å²) in [6.45, 7) is 1.54. The number of hydrogen-bond donors (Lipinski definition) is 2. The monoisotopic (exact) mass is 242 g/mol. The van der Waals surface area contributed by atoms with Gasteiger partial charge in [0, 0.05) is 18.0 Å². The second-order valence-corrected chi connectivity index (χ2v) is 5.06. The molecule has 16 heavy (non-hydrogen) atoms. The SMILES string of the molecule is O=[N+]([O-])c1cc(CNCC2CC(O)C2)cs1. The molecule has 0 saturated heterocycles. The average molecular weight is 242 g/mol. The van der Waals surface area contributed by atoms with Crippen molar-refractivity contribution in [2.24, 2.45) is 5.92 Å². The van der Waals surface area contributed by atoms with E-state index in [9.17, 15) is 10.1 Å². The first-order valence-electron chi connectivity index (χ1n) is 5.25. The van der Waals surface area contributed by atoms with E-state index in [0.717, 1.165) is 36.3 Å². The van der Waals surface area contributed by atoms with Gasteiger partial charge in [-0.15, -0.1) is 0 Å². The van der Waals surface area contributed by atoms with Crippen LogP contribution < -0.4 is 5.32 Å². The molecule has 88 valence electrons. The highest BCUT2D eigenvalue weighted by atomic mass is 32.1. The number of nitro groups is 1. The molecule has 1 aromatic rings. The molecule has 0 spiro atoms. The van der Waals surface area contributed by atoms with Crippen molar-refractivity contribution in [2.75, 3.05) is 6.54 Å². The van der Waals surface area contributed by atoms with Crippen molar-refractivity contribution >= 4 is 16.3 Å². The minimum atomic E-state index is -0.365. The number of aliphatic hydroxyl groups is 1. The number of rotatable bonds is 5. The zero-order chi connectivity index (χ0) is 11.5. The minimum absolute atomic E-state index is 0.117. The Bertz CT molecular complexity index is 374. The molecule has 0 radical (unpaired) electrons. The van der Waals surface area contributed by atoms with E-state index in [-0.39, 0.29) is 16.0 Å². The second kappa shape index (κ2) is 4.90. The standard InChI is InChI=1S/C10H14N2O3S/c13-9-1-7(2-9)4-11-5-8-3-10(12(14)15)16-6-8/h3,6-7,9,11,13H,1-2,4-5H2. The molecule has 0 aromatic carbocycles. The zero-order valence-corrected chi connectivity index (χ0v) is 9.57. The van der Waals surface area contributed by atoms with Gasteiger partial charge < -0.3 is 10.4 Å². The van der Waals surface area contributed by atoms with E-state index in [4.69, 9.17) is 5.11 Å². The highest BCUT2D eigenvalue weighted by Gasteiger charge is 2.26. The summed E-state index contributed by atoms with van der Waals surface area (Å²) in [7, 11) is 0. The van der Waals surface area contributed by atoms with E-state index in [1.165, 1.54) is 0 Å². The summed E-state index contributed by atoms with van der Waals surface area (Å²) in [4.78, 5) is 10.1. The quantitative estimate of drug-likeness (QED) is 0.606. The van der Waals surface area contributed by atoms with Crippen LogP contribution >= 0.6 is 11.3 Å². The molecule has 5 nitrogen and oxygen atoms in total. The van der Waals surface area contributed by atoms with Gasteiger partial charge in [0.25, 0.3) is 0 Å². The Morgan fingerprint density at radius 1 is 1.62 bits per heavy atom. The molecule has 2 rings (SSSR count). The number of nitrogens with one attached hydrogen (secondary N) is 1. The van der Waals surface area contributed by atoms with Crippen molar-refractivity contribution in [3.63, 3.8) is 0 Å². The van der Waals surface area contributed by atoms with Crippen LogP contribution in [0.5, 0.6) is 0 Å². The van der Waals surface area contributed by atoms with E-state index in [1.807, 2.05) is 0 Å². The molecule has 0 unspecified atom stereocenters. The van der Waals surface area contributed by atoms with Gasteiger partial charge in [-0.2, -0.15) is 0 Å². The third kappa shape index (κ3) is 2.78. The second-order valence-electron chi connectivity index (χ2n) is 4.17. The van der Waals surface area contributed by atoms with Crippen molar-refractivity contribution < 1.29 is 10.0 Å². The first-order chi connectivity index (χ1) is 7.65. The van der Waals surface area contributed by atoms with Gasteiger partial charge in [0.2, 0.25) is 0 Å². The van der Waals surface area contributed by atoms with Crippen LogP contribution in [0, 0.1) is 16.0 Å². The highest BCUT2D eigenvalue weighted by Crippen LogP contribution is 2.26. The molecule has 0 amide bonds. The Hall–Kier alpha value is -0.980. The van der Waals surface area contributed by atoms with Crippen LogP contribution in [0.3, 0.4) is 0 Å². The van der Waals surface area contributed by atoms with Crippen LogP contribution in [0.4, 0.5) is 5.00 Å². The van der Waals surface area contributed by atoms with Gasteiger partial charge in [-0.05, 0) is 30.9 Å². The average Bonchev–Trinajstić information content (AvgIpc) is 2.63. The van der Waals surface area contributed by atoms with Crippen LogP contribution in [0.2, 0.25) is 0 Å². The summed E-state index contributed by atoms with van der Waals surface area (Å²) in [6.07, 6.45) is 1.63. The van der Waals surface area contributed by atoms with Gasteiger partial charge in [-0.3, -0.25) is 10.1 Å². The lowest BCUT2D eigenvalue weighted by atomic mass is 9.82. The first kappa shape index (κ1) is 11.5. The molecule has 1 aliphatic rings. The first-order valence-corrected chi connectivity index (χ1v) is 6.13. The molecule has 2 N–H and O–H groups in total. The number of hydrogen-bond acceptors (Lipinski definition) is 5. The number of thiophene rings is 1. The van der Waals surface area contributed by atoms with E-state index in [0.29, 0.717) is 12.5 Å². The van der Waals surface area contributed by atoms with Gasteiger partial charge >= 0.3 is 5.00 Å². The molecular formula is C10H14N2O3S. The molecular weight excluding hydrogens is 228 g/mol. The summed E-state index contributed by atoms with van der Waals surface area (Å²) in [5.74, 6) is 0.559. The third-order valence-electron chi connectivity index (χ3n) is 2.79. The van der Waals surface area contributed by atoms with E-state index in [2.05, 4.69) is 5.32 Å². The summed E-state index contributed by atoms with van der Waals surface area (Å²) in [5, 5.41) is 24.8. The molecule has 0 aliphatic heterocycles. The fourth-order valence-corrected chi connectivity index (χ4v) is 2.57. The van der Waals surface area contributed by atoms with Gasteiger partial charge in [0.05, 0.1) is 11.0 Å². The topological polar surface area (TPSA) is 75.4 Å². The fourth-order valence-electron chi connectivity index (χ4n) is 1.84. The molecule has 1 aliphatic carbocycles. The molecule has 0 atom stereocenters. The lowest BCUT2D eigenvalue weighted by Gasteiger charge is -2.31. The van der Waals surface area contributed by atoms with Gasteiger partial charge in [-0.25, -0.2) is 0 Å². The van der Waals surface area contributed by atoms with Crippen LogP contribution in [-0.2, 0) is 6.54 Å². The zero-order valence-electron chi connectivity index (χ0n) is 8.76. The Kier molecular flexibility index (Phi) is 3.52. The fraction of sp³-hybridized carbons (Fsp3) is 0.600. The van der Waals surface area contributed by atoms with E-state index >= 15 is 0 Å². The lowest BCUT2D eigenvalue weighted by molar-refractivity contribution is -0.380. The van der Waals surface area contributed by atoms with Crippen LogP contribution in [0.15, 0.2) is 11.4 Å². The predicted molar refractivity (Wildman–Crippen MR) is 61.4 cm³/mol. The molecule has 0 bridgehead atoms.